The summed E-state index contributed by atoms with van der Waals surface area (Å²) in [4.78, 5) is 1.38. The molecule has 0 radical (unpaired) electrons. The molecule has 0 aliphatic heterocycles. The summed E-state index contributed by atoms with van der Waals surface area (Å²) in [6, 6.07) is 2.54. The van der Waals surface area contributed by atoms with E-state index >= 15 is 0 Å². The van der Waals surface area contributed by atoms with Crippen molar-refractivity contribution in [3.63, 3.8) is 0 Å². The van der Waals surface area contributed by atoms with Crippen molar-refractivity contribution < 1.29 is 0 Å². The predicted molar refractivity (Wildman–Crippen MR) is 76.0 cm³/mol. The van der Waals surface area contributed by atoms with Gasteiger partial charge in [-0.25, -0.2) is 0 Å². The van der Waals surface area contributed by atoms with Crippen molar-refractivity contribution in [3.8, 4) is 0 Å². The van der Waals surface area contributed by atoms with Crippen LogP contribution in [-0.2, 0) is 0 Å². The van der Waals surface area contributed by atoms with Crippen molar-refractivity contribution in [1.29, 1.82) is 0 Å². The topological polar surface area (TPSA) is 12.0 Å². The summed E-state index contributed by atoms with van der Waals surface area (Å²) < 4.78 is 1.21. The minimum Gasteiger partial charge on any atom is -0.309 e. The molecule has 0 spiro atoms. The average molecular weight is 306 g/mol. The van der Waals surface area contributed by atoms with Gasteiger partial charge < -0.3 is 5.32 Å². The van der Waals surface area contributed by atoms with E-state index in [1.165, 1.54) is 9.35 Å². The molecule has 1 unspecified atom stereocenters. The molecule has 1 aromatic rings. The molecule has 1 N–H and O–H groups in total. The van der Waals surface area contributed by atoms with Gasteiger partial charge in [0.25, 0.3) is 0 Å². The second-order valence-corrected chi connectivity index (χ2v) is 6.12. The summed E-state index contributed by atoms with van der Waals surface area (Å²) in [6.07, 6.45) is 1.95. The molecule has 15 heavy (non-hydrogen) atoms. The van der Waals surface area contributed by atoms with E-state index in [2.05, 4.69) is 46.2 Å². The van der Waals surface area contributed by atoms with Crippen molar-refractivity contribution >= 4 is 39.0 Å². The monoisotopic (exact) mass is 305 g/mol. The molecule has 1 heterocycles. The Bertz CT molecular complexity index is 299. The fraction of sp³-hybridized carbons (Fsp3) is 0.455. The Labute approximate surface area is 108 Å². The highest BCUT2D eigenvalue weighted by Gasteiger charge is 2.09. The Morgan fingerprint density at radius 2 is 2.53 bits per heavy atom. The number of halogens is 1. The van der Waals surface area contributed by atoms with Crippen molar-refractivity contribution in [2.24, 2.45) is 0 Å². The number of thioether (sulfide) groups is 1. The van der Waals surface area contributed by atoms with Gasteiger partial charge in [0.15, 0.2) is 0 Å². The fourth-order valence-electron chi connectivity index (χ4n) is 1.22. The Kier molecular flexibility index (Phi) is 6.64. The molecule has 0 aromatic carbocycles. The number of nitrogens with one attached hydrogen (secondary N) is 1. The largest absolute Gasteiger partial charge is 0.309 e. The lowest BCUT2D eigenvalue weighted by molar-refractivity contribution is 0.609. The molecule has 0 amide bonds. The quantitative estimate of drug-likeness (QED) is 0.602. The van der Waals surface area contributed by atoms with Crippen LogP contribution in [0.1, 0.15) is 17.8 Å². The lowest BCUT2D eigenvalue weighted by Gasteiger charge is -2.12. The van der Waals surface area contributed by atoms with E-state index in [1.54, 1.807) is 11.3 Å². The maximum atomic E-state index is 3.70. The van der Waals surface area contributed by atoms with Crippen molar-refractivity contribution in [1.82, 2.24) is 5.32 Å². The van der Waals surface area contributed by atoms with Gasteiger partial charge >= 0.3 is 0 Å². The number of rotatable bonds is 7. The van der Waals surface area contributed by atoms with Crippen LogP contribution < -0.4 is 5.32 Å². The minimum absolute atomic E-state index is 0.434. The van der Waals surface area contributed by atoms with Gasteiger partial charge in [-0.3, -0.25) is 0 Å². The van der Waals surface area contributed by atoms with Gasteiger partial charge in [0.2, 0.25) is 0 Å². The third kappa shape index (κ3) is 4.72. The van der Waals surface area contributed by atoms with Crippen molar-refractivity contribution in [3.05, 3.63) is 33.5 Å². The second-order valence-electron chi connectivity index (χ2n) is 3.17. The first-order chi connectivity index (χ1) is 7.25. The Morgan fingerprint density at radius 1 is 1.73 bits per heavy atom. The molecule has 84 valence electrons. The summed E-state index contributed by atoms with van der Waals surface area (Å²) >= 11 is 7.25. The van der Waals surface area contributed by atoms with Crippen LogP contribution in [0.3, 0.4) is 0 Å². The highest BCUT2D eigenvalue weighted by atomic mass is 79.9. The first-order valence-electron chi connectivity index (χ1n) is 4.90. The average Bonchev–Trinajstić information content (AvgIpc) is 2.64. The maximum Gasteiger partial charge on any atom is 0.0397 e. The van der Waals surface area contributed by atoms with Crippen LogP contribution in [0.25, 0.3) is 0 Å². The number of hydrogen-bond donors (Lipinski definition) is 1. The fourth-order valence-corrected chi connectivity index (χ4v) is 3.57. The van der Waals surface area contributed by atoms with E-state index in [0.717, 1.165) is 18.1 Å². The Morgan fingerprint density at radius 3 is 3.13 bits per heavy atom. The third-order valence-electron chi connectivity index (χ3n) is 1.97. The van der Waals surface area contributed by atoms with Gasteiger partial charge in [-0.15, -0.1) is 17.9 Å². The van der Waals surface area contributed by atoms with Crippen LogP contribution in [0, 0.1) is 0 Å². The van der Waals surface area contributed by atoms with Crippen LogP contribution in [0.4, 0.5) is 0 Å². The Hall–Kier alpha value is 0.230. The van der Waals surface area contributed by atoms with E-state index in [1.807, 2.05) is 17.8 Å². The maximum absolute atomic E-state index is 3.70. The zero-order valence-corrected chi connectivity index (χ0v) is 12.1. The summed E-state index contributed by atoms with van der Waals surface area (Å²) in [7, 11) is 0. The van der Waals surface area contributed by atoms with Crippen LogP contribution in [-0.4, -0.2) is 18.1 Å². The van der Waals surface area contributed by atoms with E-state index in [4.69, 9.17) is 0 Å². The molecule has 0 bridgehead atoms. The standard InChI is InChI=1S/C11H16BrNS2/c1-3-6-14-8-5-13-9(2)11-10(12)4-7-15-11/h3-4,7,9,13H,1,5-6,8H2,2H3. The molecule has 1 rings (SSSR count). The van der Waals surface area contributed by atoms with Gasteiger partial charge in [-0.2, -0.15) is 11.8 Å². The van der Waals surface area contributed by atoms with Crippen LogP contribution in [0.15, 0.2) is 28.6 Å². The van der Waals surface area contributed by atoms with Crippen LogP contribution in [0.2, 0.25) is 0 Å². The van der Waals surface area contributed by atoms with E-state index in [-0.39, 0.29) is 0 Å². The molecular weight excluding hydrogens is 290 g/mol. The molecule has 1 aromatic heterocycles. The number of thiophene rings is 1. The molecule has 0 saturated carbocycles. The molecule has 0 aliphatic rings. The summed E-state index contributed by atoms with van der Waals surface area (Å²) in [5.74, 6) is 2.18. The first-order valence-corrected chi connectivity index (χ1v) is 7.73. The van der Waals surface area contributed by atoms with Crippen molar-refractivity contribution in [2.75, 3.05) is 18.1 Å². The molecule has 1 nitrogen and oxygen atoms in total. The molecule has 0 aliphatic carbocycles. The first kappa shape index (κ1) is 13.3. The third-order valence-corrected chi connectivity index (χ3v) is 4.99. The van der Waals surface area contributed by atoms with Crippen LogP contribution >= 0.6 is 39.0 Å². The zero-order chi connectivity index (χ0) is 11.1. The van der Waals surface area contributed by atoms with Gasteiger partial charge in [0.05, 0.1) is 0 Å². The van der Waals surface area contributed by atoms with Gasteiger partial charge in [0.1, 0.15) is 0 Å². The lowest BCUT2D eigenvalue weighted by atomic mass is 10.3. The second kappa shape index (κ2) is 7.49. The van der Waals surface area contributed by atoms with Gasteiger partial charge in [-0.05, 0) is 34.3 Å². The lowest BCUT2D eigenvalue weighted by Crippen LogP contribution is -2.20. The number of hydrogen-bond acceptors (Lipinski definition) is 3. The molecule has 0 saturated heterocycles. The minimum atomic E-state index is 0.434. The van der Waals surface area contributed by atoms with Gasteiger partial charge in [0, 0.05) is 33.4 Å². The molecule has 4 heteroatoms. The summed E-state index contributed by atoms with van der Waals surface area (Å²) in [5, 5.41) is 5.63. The van der Waals surface area contributed by atoms with Crippen LogP contribution in [0.5, 0.6) is 0 Å². The normalized spacial score (nSPS) is 12.7. The van der Waals surface area contributed by atoms with E-state index < -0.39 is 0 Å². The smallest absolute Gasteiger partial charge is 0.0397 e. The predicted octanol–water partition coefficient (Wildman–Crippen LogP) is 4.08. The zero-order valence-electron chi connectivity index (χ0n) is 8.83. The highest BCUT2D eigenvalue weighted by molar-refractivity contribution is 9.10. The summed E-state index contributed by atoms with van der Waals surface area (Å²) in [6.45, 7) is 6.95. The molecular formula is C11H16BrNS2. The Balaban J connectivity index is 2.22. The summed E-state index contributed by atoms with van der Waals surface area (Å²) in [5.41, 5.74) is 0. The van der Waals surface area contributed by atoms with Gasteiger partial charge in [-0.1, -0.05) is 6.08 Å². The van der Waals surface area contributed by atoms with E-state index in [9.17, 15) is 0 Å². The SMILES string of the molecule is C=CCSCCNC(C)c1sccc1Br. The molecule has 1 atom stereocenters. The highest BCUT2D eigenvalue weighted by Crippen LogP contribution is 2.28. The van der Waals surface area contributed by atoms with Crippen molar-refractivity contribution in [2.45, 2.75) is 13.0 Å². The molecule has 0 fully saturated rings. The van der Waals surface area contributed by atoms with E-state index in [0.29, 0.717) is 6.04 Å².